The normalized spacial score (nSPS) is 10.9. The number of carbonyl (C=O) groups is 1. The van der Waals surface area contributed by atoms with Gasteiger partial charge in [-0.2, -0.15) is 5.10 Å². The lowest BCUT2D eigenvalue weighted by molar-refractivity contribution is 0.0955. The molecule has 3 aromatic carbocycles. The zero-order chi connectivity index (χ0) is 23.9. The summed E-state index contributed by atoms with van der Waals surface area (Å²) in [6.07, 6.45) is 5.34. The van der Waals surface area contributed by atoms with Gasteiger partial charge in [0, 0.05) is 23.0 Å². The van der Waals surface area contributed by atoms with Crippen molar-refractivity contribution < 1.29 is 14.3 Å². The maximum absolute atomic E-state index is 12.7. The molecule has 0 radical (unpaired) electrons. The van der Waals surface area contributed by atoms with E-state index in [1.54, 1.807) is 25.5 Å². The largest absolute Gasteiger partial charge is 0.493 e. The van der Waals surface area contributed by atoms with E-state index in [1.165, 1.54) is 0 Å². The van der Waals surface area contributed by atoms with E-state index in [9.17, 15) is 4.79 Å². The Morgan fingerprint density at radius 2 is 1.82 bits per heavy atom. The Hall–Kier alpha value is -3.30. The van der Waals surface area contributed by atoms with Crippen molar-refractivity contribution in [3.8, 4) is 17.2 Å². The second-order valence-electron chi connectivity index (χ2n) is 7.22. The average molecular weight is 586 g/mol. The number of nitrogens with one attached hydrogen (secondary N) is 1. The number of hydrazone groups is 1. The van der Waals surface area contributed by atoms with Gasteiger partial charge < -0.3 is 14.0 Å². The number of methoxy groups -OCH3 is 1. The lowest BCUT2D eigenvalue weighted by atomic mass is 10.1. The molecule has 0 aliphatic carbocycles. The molecule has 1 N–H and O–H groups in total. The predicted octanol–water partition coefficient (Wildman–Crippen LogP) is 6.09. The molecule has 6 nitrogen and oxygen atoms in total. The van der Waals surface area contributed by atoms with Gasteiger partial charge >= 0.3 is 0 Å². The van der Waals surface area contributed by atoms with E-state index < -0.39 is 0 Å². The molecule has 0 atom stereocenters. The highest BCUT2D eigenvalue weighted by Crippen LogP contribution is 2.34. The van der Waals surface area contributed by atoms with Crippen LogP contribution >= 0.6 is 34.2 Å². The maximum atomic E-state index is 12.7. The first-order chi connectivity index (χ1) is 16.6. The molecule has 1 amide bonds. The molecular weight excluding hydrogens is 565 g/mol. The van der Waals surface area contributed by atoms with Crippen LogP contribution < -0.4 is 14.9 Å². The van der Waals surface area contributed by atoms with Crippen molar-refractivity contribution in [3.05, 3.63) is 110 Å². The first-order valence-electron chi connectivity index (χ1n) is 10.4. The third-order valence-electron chi connectivity index (χ3n) is 4.99. The first kappa shape index (κ1) is 23.8. The van der Waals surface area contributed by atoms with E-state index in [0.717, 1.165) is 20.4 Å². The summed E-state index contributed by atoms with van der Waals surface area (Å²) in [7, 11) is 1.58. The number of hydrogen-bond acceptors (Lipinski definition) is 4. The van der Waals surface area contributed by atoms with Gasteiger partial charge in [-0.25, -0.2) is 5.43 Å². The summed E-state index contributed by atoms with van der Waals surface area (Å²) in [4.78, 5) is 12.7. The van der Waals surface area contributed by atoms with Crippen molar-refractivity contribution in [2.24, 2.45) is 5.10 Å². The van der Waals surface area contributed by atoms with E-state index in [1.807, 2.05) is 77.6 Å². The summed E-state index contributed by atoms with van der Waals surface area (Å²) in [5.41, 5.74) is 5.54. The lowest BCUT2D eigenvalue weighted by Crippen LogP contribution is -2.19. The highest BCUT2D eigenvalue weighted by atomic mass is 127. The molecule has 4 aromatic rings. The summed E-state index contributed by atoms with van der Waals surface area (Å²) in [5.74, 6) is 0.872. The average Bonchev–Trinajstić information content (AvgIpc) is 3.39. The van der Waals surface area contributed by atoms with E-state index in [2.05, 4.69) is 33.1 Å². The molecule has 4 rings (SSSR count). The number of rotatable bonds is 8. The molecule has 0 saturated heterocycles. The lowest BCUT2D eigenvalue weighted by Gasteiger charge is -2.14. The van der Waals surface area contributed by atoms with Crippen LogP contribution in [-0.4, -0.2) is 23.8 Å². The van der Waals surface area contributed by atoms with Gasteiger partial charge in [0.25, 0.3) is 5.91 Å². The molecule has 1 heterocycles. The van der Waals surface area contributed by atoms with Crippen molar-refractivity contribution in [1.29, 1.82) is 0 Å². The van der Waals surface area contributed by atoms with Crippen LogP contribution in [-0.2, 0) is 6.61 Å². The molecule has 172 valence electrons. The van der Waals surface area contributed by atoms with Gasteiger partial charge in [-0.3, -0.25) is 4.79 Å². The number of amides is 1. The molecule has 0 aliphatic heterocycles. The van der Waals surface area contributed by atoms with Crippen molar-refractivity contribution in [3.63, 3.8) is 0 Å². The van der Waals surface area contributed by atoms with Gasteiger partial charge in [-0.05, 0) is 70.6 Å². The molecule has 0 fully saturated rings. The fourth-order valence-corrected chi connectivity index (χ4v) is 4.30. The van der Waals surface area contributed by atoms with Crippen LogP contribution in [0.3, 0.4) is 0 Å². The second-order valence-corrected chi connectivity index (χ2v) is 8.79. The monoisotopic (exact) mass is 585 g/mol. The maximum Gasteiger partial charge on any atom is 0.273 e. The Balaban J connectivity index is 1.47. The highest BCUT2D eigenvalue weighted by molar-refractivity contribution is 14.1. The molecule has 0 bridgehead atoms. The summed E-state index contributed by atoms with van der Waals surface area (Å²) in [6, 6.07) is 22.4. The Morgan fingerprint density at radius 1 is 1.09 bits per heavy atom. The third kappa shape index (κ3) is 5.60. The number of para-hydroxylation sites is 1. The molecule has 0 saturated carbocycles. The summed E-state index contributed by atoms with van der Waals surface area (Å²) >= 11 is 8.41. The summed E-state index contributed by atoms with van der Waals surface area (Å²) < 4.78 is 14.2. The minimum absolute atomic E-state index is 0.304. The number of carbonyl (C=O) groups excluding carboxylic acids is 1. The molecule has 0 unspecified atom stereocenters. The van der Waals surface area contributed by atoms with Crippen LogP contribution in [0.1, 0.15) is 21.5 Å². The highest BCUT2D eigenvalue weighted by Gasteiger charge is 2.13. The van der Waals surface area contributed by atoms with E-state index in [-0.39, 0.29) is 5.91 Å². The SMILES string of the molecule is COc1cc(/C=N\NC(=O)c2ccccc2-n2cccc2)cc(I)c1OCc1ccccc1Cl. The summed E-state index contributed by atoms with van der Waals surface area (Å²) in [5, 5.41) is 4.79. The van der Waals surface area contributed by atoms with Crippen LogP contribution in [0.5, 0.6) is 11.5 Å². The van der Waals surface area contributed by atoms with Crippen LogP contribution in [0.2, 0.25) is 5.02 Å². The van der Waals surface area contributed by atoms with Crippen LogP contribution in [0, 0.1) is 3.57 Å². The molecule has 8 heteroatoms. The van der Waals surface area contributed by atoms with Gasteiger partial charge in [-0.15, -0.1) is 0 Å². The number of hydrogen-bond donors (Lipinski definition) is 1. The smallest absolute Gasteiger partial charge is 0.273 e. The van der Waals surface area contributed by atoms with Gasteiger partial charge in [0.2, 0.25) is 0 Å². The Kier molecular flexibility index (Phi) is 7.87. The Labute approximate surface area is 216 Å². The van der Waals surface area contributed by atoms with Gasteiger partial charge in [0.05, 0.1) is 28.1 Å². The van der Waals surface area contributed by atoms with E-state index in [4.69, 9.17) is 21.1 Å². The van der Waals surface area contributed by atoms with E-state index in [0.29, 0.717) is 28.7 Å². The van der Waals surface area contributed by atoms with Crippen molar-refractivity contribution in [2.45, 2.75) is 6.61 Å². The Bertz CT molecular complexity index is 1320. The zero-order valence-corrected chi connectivity index (χ0v) is 21.2. The quantitative estimate of drug-likeness (QED) is 0.155. The van der Waals surface area contributed by atoms with Crippen molar-refractivity contribution in [1.82, 2.24) is 9.99 Å². The first-order valence-corrected chi connectivity index (χ1v) is 11.8. The minimum Gasteiger partial charge on any atom is -0.493 e. The van der Waals surface area contributed by atoms with Crippen LogP contribution in [0.4, 0.5) is 0 Å². The fraction of sp³-hybridized carbons (Fsp3) is 0.0769. The number of benzene rings is 3. The molecule has 34 heavy (non-hydrogen) atoms. The van der Waals surface area contributed by atoms with Gasteiger partial charge in [0.15, 0.2) is 11.5 Å². The number of ether oxygens (including phenoxy) is 2. The molecule has 0 aliphatic rings. The van der Waals surface area contributed by atoms with Gasteiger partial charge in [0.1, 0.15) is 6.61 Å². The zero-order valence-electron chi connectivity index (χ0n) is 18.2. The molecule has 0 spiro atoms. The third-order valence-corrected chi connectivity index (χ3v) is 6.16. The standard InChI is InChI=1S/C26H21ClIN3O3/c1-33-24-15-18(14-22(28)25(24)34-17-19-8-2-4-10-21(19)27)16-29-30-26(32)20-9-3-5-11-23(20)31-12-6-7-13-31/h2-16H,17H2,1H3,(H,30,32)/b29-16-. The minimum atomic E-state index is -0.304. The number of nitrogens with zero attached hydrogens (tertiary/aromatic N) is 2. The summed E-state index contributed by atoms with van der Waals surface area (Å²) in [6.45, 7) is 0.316. The van der Waals surface area contributed by atoms with Crippen LogP contribution in [0.25, 0.3) is 5.69 Å². The molecular formula is C26H21ClIN3O3. The van der Waals surface area contributed by atoms with Gasteiger partial charge in [-0.1, -0.05) is 41.9 Å². The van der Waals surface area contributed by atoms with Crippen molar-refractivity contribution in [2.75, 3.05) is 7.11 Å². The number of aromatic nitrogens is 1. The predicted molar refractivity (Wildman–Crippen MR) is 142 cm³/mol. The Morgan fingerprint density at radius 3 is 2.59 bits per heavy atom. The fourth-order valence-electron chi connectivity index (χ4n) is 3.33. The number of halogens is 2. The second kappa shape index (κ2) is 11.2. The topological polar surface area (TPSA) is 64.8 Å². The molecule has 1 aromatic heterocycles. The van der Waals surface area contributed by atoms with Crippen molar-refractivity contribution >= 4 is 46.3 Å². The van der Waals surface area contributed by atoms with Crippen LogP contribution in [0.15, 0.2) is 90.3 Å². The van der Waals surface area contributed by atoms with E-state index >= 15 is 0 Å².